The van der Waals surface area contributed by atoms with Crippen molar-refractivity contribution in [2.75, 3.05) is 12.4 Å². The Morgan fingerprint density at radius 2 is 2.06 bits per heavy atom. The van der Waals surface area contributed by atoms with Gasteiger partial charge in [0.1, 0.15) is 5.82 Å². The second kappa shape index (κ2) is 6.20. The highest BCUT2D eigenvalue weighted by Crippen LogP contribution is 2.28. The Hall–Kier alpha value is -0.620. The Bertz CT molecular complexity index is 344. The molecule has 90 valence electrons. The molecule has 2 atom stereocenters. The Morgan fingerprint density at radius 1 is 1.38 bits per heavy atom. The van der Waals surface area contributed by atoms with Crippen LogP contribution in [-0.2, 0) is 0 Å². The molecule has 0 fully saturated rings. The summed E-state index contributed by atoms with van der Waals surface area (Å²) in [5.74, 6) is -0.0926. The van der Waals surface area contributed by atoms with E-state index in [-0.39, 0.29) is 6.61 Å². The predicted molar refractivity (Wildman–Crippen MR) is 60.9 cm³/mol. The van der Waals surface area contributed by atoms with E-state index in [4.69, 9.17) is 5.11 Å². The largest absolute Gasteiger partial charge is 0.394 e. The third-order valence-electron chi connectivity index (χ3n) is 2.06. The lowest BCUT2D eigenvalue weighted by Gasteiger charge is -2.13. The van der Waals surface area contributed by atoms with Gasteiger partial charge in [-0.25, -0.2) is 4.39 Å². The number of thioether (sulfide) groups is 1. The minimum absolute atomic E-state index is 0.307. The van der Waals surface area contributed by atoms with Crippen molar-refractivity contribution in [3.05, 3.63) is 29.6 Å². The van der Waals surface area contributed by atoms with E-state index in [1.807, 2.05) is 0 Å². The average molecular weight is 246 g/mol. The minimum Gasteiger partial charge on any atom is -0.394 e. The quantitative estimate of drug-likeness (QED) is 0.686. The zero-order chi connectivity index (χ0) is 12.1. The van der Waals surface area contributed by atoms with Crippen molar-refractivity contribution >= 4 is 11.8 Å². The number of aliphatic hydroxyl groups is 3. The van der Waals surface area contributed by atoms with Crippen LogP contribution >= 0.6 is 11.8 Å². The molecule has 0 saturated heterocycles. The first-order chi connectivity index (χ1) is 7.54. The highest BCUT2D eigenvalue weighted by atomic mass is 32.2. The molecule has 0 amide bonds. The molecule has 1 aromatic carbocycles. The molecule has 1 aromatic rings. The van der Waals surface area contributed by atoms with Gasteiger partial charge in [-0.05, 0) is 30.7 Å². The Labute approximate surface area is 97.9 Å². The molecule has 3 N–H and O–H groups in total. The maximum absolute atomic E-state index is 13.0. The van der Waals surface area contributed by atoms with Crippen LogP contribution in [0.1, 0.15) is 18.6 Å². The van der Waals surface area contributed by atoms with Gasteiger partial charge < -0.3 is 15.3 Å². The third kappa shape index (κ3) is 3.75. The van der Waals surface area contributed by atoms with E-state index in [9.17, 15) is 14.6 Å². The van der Waals surface area contributed by atoms with Crippen LogP contribution in [0, 0.1) is 5.82 Å². The monoisotopic (exact) mass is 246 g/mol. The van der Waals surface area contributed by atoms with Gasteiger partial charge in [-0.1, -0.05) is 0 Å². The molecular formula is C11H15FO3S. The van der Waals surface area contributed by atoms with Crippen molar-refractivity contribution < 1.29 is 19.7 Å². The SMILES string of the molecule is C[C@@H](O)c1cc(F)ccc1SCC(O)CO. The first-order valence-corrected chi connectivity index (χ1v) is 5.92. The Morgan fingerprint density at radius 3 is 2.62 bits per heavy atom. The zero-order valence-corrected chi connectivity index (χ0v) is 9.75. The number of hydrogen-bond donors (Lipinski definition) is 3. The number of rotatable bonds is 5. The molecule has 0 aliphatic carbocycles. The number of halogens is 1. The molecule has 0 aromatic heterocycles. The first kappa shape index (κ1) is 13.4. The van der Waals surface area contributed by atoms with Gasteiger partial charge in [-0.3, -0.25) is 0 Å². The van der Waals surface area contributed by atoms with E-state index in [1.165, 1.54) is 23.9 Å². The van der Waals surface area contributed by atoms with Crippen molar-refractivity contribution in [1.29, 1.82) is 0 Å². The maximum Gasteiger partial charge on any atom is 0.123 e. The van der Waals surface area contributed by atoms with Crippen molar-refractivity contribution in [1.82, 2.24) is 0 Å². The predicted octanol–water partition coefficient (Wildman–Crippen LogP) is 1.32. The van der Waals surface area contributed by atoms with Crippen LogP contribution in [0.2, 0.25) is 0 Å². The van der Waals surface area contributed by atoms with Crippen LogP contribution < -0.4 is 0 Å². The summed E-state index contributed by atoms with van der Waals surface area (Å²) in [7, 11) is 0. The fraction of sp³-hybridized carbons (Fsp3) is 0.455. The fourth-order valence-electron chi connectivity index (χ4n) is 1.22. The van der Waals surface area contributed by atoms with Crippen LogP contribution in [0.3, 0.4) is 0 Å². The lowest BCUT2D eigenvalue weighted by atomic mass is 10.1. The van der Waals surface area contributed by atoms with Crippen LogP contribution in [0.4, 0.5) is 4.39 Å². The Balaban J connectivity index is 2.78. The van der Waals surface area contributed by atoms with E-state index >= 15 is 0 Å². The van der Waals surface area contributed by atoms with E-state index in [1.54, 1.807) is 13.0 Å². The smallest absolute Gasteiger partial charge is 0.123 e. The van der Waals surface area contributed by atoms with Crippen LogP contribution in [-0.4, -0.2) is 33.8 Å². The zero-order valence-electron chi connectivity index (χ0n) is 8.93. The number of hydrogen-bond acceptors (Lipinski definition) is 4. The van der Waals surface area contributed by atoms with Crippen LogP contribution in [0.25, 0.3) is 0 Å². The van der Waals surface area contributed by atoms with Gasteiger partial charge in [0.05, 0.1) is 18.8 Å². The summed E-state index contributed by atoms with van der Waals surface area (Å²) < 4.78 is 13.0. The maximum atomic E-state index is 13.0. The van der Waals surface area contributed by atoms with Gasteiger partial charge in [0, 0.05) is 10.6 Å². The highest BCUT2D eigenvalue weighted by Gasteiger charge is 2.11. The van der Waals surface area contributed by atoms with E-state index in [2.05, 4.69) is 0 Å². The summed E-state index contributed by atoms with van der Waals surface area (Å²) in [6, 6.07) is 4.14. The van der Waals surface area contributed by atoms with E-state index < -0.39 is 18.0 Å². The number of aliphatic hydroxyl groups excluding tert-OH is 3. The van der Waals surface area contributed by atoms with Crippen molar-refractivity contribution in [3.8, 4) is 0 Å². The number of benzene rings is 1. The second-order valence-electron chi connectivity index (χ2n) is 3.51. The normalized spacial score (nSPS) is 14.8. The van der Waals surface area contributed by atoms with E-state index in [0.717, 1.165) is 0 Å². The molecule has 1 unspecified atom stereocenters. The van der Waals surface area contributed by atoms with Gasteiger partial charge >= 0.3 is 0 Å². The first-order valence-electron chi connectivity index (χ1n) is 4.93. The minimum atomic E-state index is -0.808. The van der Waals surface area contributed by atoms with Gasteiger partial charge in [-0.2, -0.15) is 0 Å². The lowest BCUT2D eigenvalue weighted by molar-refractivity contribution is 0.113. The topological polar surface area (TPSA) is 60.7 Å². The molecular weight excluding hydrogens is 231 g/mol. The molecule has 16 heavy (non-hydrogen) atoms. The van der Waals surface area contributed by atoms with Crippen molar-refractivity contribution in [3.63, 3.8) is 0 Å². The molecule has 0 bridgehead atoms. The van der Waals surface area contributed by atoms with Crippen LogP contribution in [0.5, 0.6) is 0 Å². The Kier molecular flexibility index (Phi) is 5.21. The molecule has 0 aliphatic heterocycles. The fourth-order valence-corrected chi connectivity index (χ4v) is 2.25. The summed E-state index contributed by atoms with van der Waals surface area (Å²) in [6.45, 7) is 1.25. The lowest BCUT2D eigenvalue weighted by Crippen LogP contribution is -2.14. The molecule has 3 nitrogen and oxygen atoms in total. The third-order valence-corrected chi connectivity index (χ3v) is 3.30. The molecule has 0 spiro atoms. The van der Waals surface area contributed by atoms with Gasteiger partial charge in [0.15, 0.2) is 0 Å². The molecule has 0 heterocycles. The molecule has 0 aliphatic rings. The standard InChI is InChI=1S/C11H15FO3S/c1-7(14)10-4-8(12)2-3-11(10)16-6-9(15)5-13/h2-4,7,9,13-15H,5-6H2,1H3/t7-,9?/m1/s1. The van der Waals surface area contributed by atoms with E-state index in [0.29, 0.717) is 16.2 Å². The summed E-state index contributed by atoms with van der Waals surface area (Å²) in [4.78, 5) is 0.712. The molecule has 0 saturated carbocycles. The second-order valence-corrected chi connectivity index (χ2v) is 4.57. The van der Waals surface area contributed by atoms with Gasteiger partial charge in [-0.15, -0.1) is 11.8 Å². The van der Waals surface area contributed by atoms with Crippen molar-refractivity contribution in [2.45, 2.75) is 24.0 Å². The molecule has 5 heteroatoms. The molecule has 0 radical (unpaired) electrons. The van der Waals surface area contributed by atoms with Crippen LogP contribution in [0.15, 0.2) is 23.1 Å². The summed E-state index contributed by atoms with van der Waals surface area (Å²) in [5.41, 5.74) is 0.495. The summed E-state index contributed by atoms with van der Waals surface area (Å²) in [5, 5.41) is 27.3. The van der Waals surface area contributed by atoms with Gasteiger partial charge in [0.2, 0.25) is 0 Å². The van der Waals surface area contributed by atoms with Crippen molar-refractivity contribution in [2.24, 2.45) is 0 Å². The summed E-state index contributed by atoms with van der Waals surface area (Å²) in [6.07, 6.45) is -1.57. The highest BCUT2D eigenvalue weighted by molar-refractivity contribution is 7.99. The average Bonchev–Trinajstić information content (AvgIpc) is 2.26. The molecule has 1 rings (SSSR count). The van der Waals surface area contributed by atoms with Gasteiger partial charge in [0.25, 0.3) is 0 Å². The summed E-state index contributed by atoms with van der Waals surface area (Å²) >= 11 is 1.28.